The molecule has 6 nitrogen and oxygen atoms in total. The molecule has 1 aromatic rings. The van der Waals surface area contributed by atoms with E-state index >= 15 is 0 Å². The molecule has 0 bridgehead atoms. The van der Waals surface area contributed by atoms with Gasteiger partial charge in [-0.1, -0.05) is 6.07 Å². The zero-order valence-electron chi connectivity index (χ0n) is 14.2. The minimum Gasteiger partial charge on any atom is -0.493 e. The summed E-state index contributed by atoms with van der Waals surface area (Å²) < 4.78 is 39.7. The summed E-state index contributed by atoms with van der Waals surface area (Å²) in [7, 11) is 3.05. The molecule has 0 aliphatic carbocycles. The Kier molecular flexibility index (Phi) is 8.88. The zero-order chi connectivity index (χ0) is 17.5. The number of amides is 1. The first-order valence-electron chi connectivity index (χ1n) is 7.66. The molecule has 25 heavy (non-hydrogen) atoms. The molecule has 0 saturated carbocycles. The standard InChI is InChI=1S/C16H22F2N2O4.ClH/c1-20(15(21)8-12-10-23-6-5-19-12)9-11-3-4-13(22-2)14(7-11)24-16(17)18;/h3-4,7,12,16,19H,5-6,8-10H2,1-2H3;1H. The van der Waals surface area contributed by atoms with Crippen LogP contribution in [0, 0.1) is 0 Å². The number of alkyl halides is 2. The highest BCUT2D eigenvalue weighted by Crippen LogP contribution is 2.29. The lowest BCUT2D eigenvalue weighted by Crippen LogP contribution is -2.44. The van der Waals surface area contributed by atoms with Crippen molar-refractivity contribution in [1.29, 1.82) is 0 Å². The fourth-order valence-electron chi connectivity index (χ4n) is 2.49. The van der Waals surface area contributed by atoms with Crippen molar-refractivity contribution in [2.24, 2.45) is 0 Å². The molecule has 1 aromatic carbocycles. The zero-order valence-corrected chi connectivity index (χ0v) is 15.0. The maximum atomic E-state index is 12.5. The second-order valence-electron chi connectivity index (χ2n) is 5.54. The van der Waals surface area contributed by atoms with Crippen LogP contribution in [0.4, 0.5) is 8.78 Å². The van der Waals surface area contributed by atoms with Gasteiger partial charge >= 0.3 is 6.61 Å². The number of rotatable bonds is 7. The number of nitrogens with one attached hydrogen (secondary N) is 1. The number of methoxy groups -OCH3 is 1. The first kappa shape index (κ1) is 21.4. The number of carbonyl (C=O) groups is 1. The van der Waals surface area contributed by atoms with Crippen molar-refractivity contribution in [1.82, 2.24) is 10.2 Å². The van der Waals surface area contributed by atoms with Crippen LogP contribution in [0.2, 0.25) is 0 Å². The lowest BCUT2D eigenvalue weighted by Gasteiger charge is -2.26. The topological polar surface area (TPSA) is 60.0 Å². The summed E-state index contributed by atoms with van der Waals surface area (Å²) in [6.45, 7) is -0.760. The predicted octanol–water partition coefficient (Wildman–Crippen LogP) is 2.06. The Balaban J connectivity index is 0.00000312. The number of nitrogens with zero attached hydrogens (tertiary/aromatic N) is 1. The molecule has 1 heterocycles. The Hall–Kier alpha value is -1.64. The Morgan fingerprint density at radius 2 is 2.20 bits per heavy atom. The van der Waals surface area contributed by atoms with Crippen LogP contribution in [-0.4, -0.2) is 57.4 Å². The van der Waals surface area contributed by atoms with Crippen LogP contribution < -0.4 is 14.8 Å². The number of halogens is 3. The van der Waals surface area contributed by atoms with Gasteiger partial charge in [-0.2, -0.15) is 8.78 Å². The lowest BCUT2D eigenvalue weighted by molar-refractivity contribution is -0.131. The Morgan fingerprint density at radius 3 is 2.80 bits per heavy atom. The minimum absolute atomic E-state index is 0. The highest BCUT2D eigenvalue weighted by Gasteiger charge is 2.20. The SMILES string of the molecule is COc1ccc(CN(C)C(=O)CC2COCCN2)cc1OC(F)F.Cl. The molecule has 1 N–H and O–H groups in total. The van der Waals surface area contributed by atoms with Crippen LogP contribution in [0.25, 0.3) is 0 Å². The Bertz CT molecular complexity index is 557. The van der Waals surface area contributed by atoms with E-state index in [2.05, 4.69) is 10.1 Å². The van der Waals surface area contributed by atoms with Gasteiger partial charge in [0.15, 0.2) is 11.5 Å². The molecule has 1 aliphatic heterocycles. The van der Waals surface area contributed by atoms with E-state index in [1.54, 1.807) is 24.1 Å². The van der Waals surface area contributed by atoms with E-state index in [0.29, 0.717) is 25.2 Å². The second kappa shape index (κ2) is 10.4. The third-order valence-electron chi connectivity index (χ3n) is 3.71. The van der Waals surface area contributed by atoms with E-state index in [0.717, 1.165) is 6.54 Å². The Labute approximate surface area is 151 Å². The average Bonchev–Trinajstić information content (AvgIpc) is 2.55. The van der Waals surface area contributed by atoms with Gasteiger partial charge in [0.1, 0.15) is 0 Å². The van der Waals surface area contributed by atoms with Gasteiger partial charge in [-0.15, -0.1) is 12.4 Å². The normalized spacial score (nSPS) is 16.9. The third kappa shape index (κ3) is 6.64. The summed E-state index contributed by atoms with van der Waals surface area (Å²) in [4.78, 5) is 13.8. The molecular formula is C16H23ClF2N2O4. The minimum atomic E-state index is -2.94. The van der Waals surface area contributed by atoms with E-state index in [1.807, 2.05) is 0 Å². The van der Waals surface area contributed by atoms with E-state index in [1.165, 1.54) is 13.2 Å². The summed E-state index contributed by atoms with van der Waals surface area (Å²) in [5.41, 5.74) is 0.676. The van der Waals surface area contributed by atoms with Crippen molar-refractivity contribution in [3.8, 4) is 11.5 Å². The number of benzene rings is 1. The van der Waals surface area contributed by atoms with Crippen LogP contribution >= 0.6 is 12.4 Å². The molecular weight excluding hydrogens is 358 g/mol. The number of hydrogen-bond donors (Lipinski definition) is 1. The number of carbonyl (C=O) groups excluding carboxylic acids is 1. The van der Waals surface area contributed by atoms with Gasteiger partial charge in [0.05, 0.1) is 20.3 Å². The van der Waals surface area contributed by atoms with Gasteiger partial charge in [-0.25, -0.2) is 0 Å². The molecule has 1 aliphatic rings. The molecule has 9 heteroatoms. The number of hydrogen-bond acceptors (Lipinski definition) is 5. The van der Waals surface area contributed by atoms with Gasteiger partial charge in [0, 0.05) is 32.6 Å². The van der Waals surface area contributed by atoms with Crippen molar-refractivity contribution in [3.63, 3.8) is 0 Å². The lowest BCUT2D eigenvalue weighted by atomic mass is 10.1. The summed E-state index contributed by atoms with van der Waals surface area (Å²) in [6, 6.07) is 4.71. The maximum absolute atomic E-state index is 12.5. The molecule has 1 unspecified atom stereocenters. The van der Waals surface area contributed by atoms with Crippen molar-refractivity contribution in [3.05, 3.63) is 23.8 Å². The highest BCUT2D eigenvalue weighted by molar-refractivity contribution is 5.85. The first-order valence-corrected chi connectivity index (χ1v) is 7.66. The third-order valence-corrected chi connectivity index (χ3v) is 3.71. The van der Waals surface area contributed by atoms with E-state index in [9.17, 15) is 13.6 Å². The van der Waals surface area contributed by atoms with E-state index in [-0.39, 0.29) is 42.4 Å². The first-order chi connectivity index (χ1) is 11.5. The molecule has 0 aromatic heterocycles. The molecule has 0 spiro atoms. The van der Waals surface area contributed by atoms with Crippen molar-refractivity contribution >= 4 is 18.3 Å². The molecule has 1 fully saturated rings. The van der Waals surface area contributed by atoms with E-state index in [4.69, 9.17) is 9.47 Å². The molecule has 0 radical (unpaired) electrons. The molecule has 1 amide bonds. The summed E-state index contributed by atoms with van der Waals surface area (Å²) >= 11 is 0. The predicted molar refractivity (Wildman–Crippen MR) is 90.6 cm³/mol. The number of morpholine rings is 1. The van der Waals surface area contributed by atoms with Crippen LogP contribution in [0.5, 0.6) is 11.5 Å². The van der Waals surface area contributed by atoms with Gasteiger partial charge in [-0.3, -0.25) is 4.79 Å². The summed E-state index contributed by atoms with van der Waals surface area (Å²) in [5, 5.41) is 3.22. The van der Waals surface area contributed by atoms with E-state index < -0.39 is 6.61 Å². The van der Waals surface area contributed by atoms with Crippen LogP contribution in [0.1, 0.15) is 12.0 Å². The maximum Gasteiger partial charge on any atom is 0.387 e. The molecule has 2 rings (SSSR count). The number of ether oxygens (including phenoxy) is 3. The van der Waals surface area contributed by atoms with Gasteiger partial charge < -0.3 is 24.4 Å². The fourth-order valence-corrected chi connectivity index (χ4v) is 2.49. The van der Waals surface area contributed by atoms with Gasteiger partial charge in [-0.05, 0) is 17.7 Å². The second-order valence-corrected chi connectivity index (χ2v) is 5.54. The Morgan fingerprint density at radius 1 is 1.44 bits per heavy atom. The van der Waals surface area contributed by atoms with Crippen LogP contribution in [-0.2, 0) is 16.1 Å². The largest absolute Gasteiger partial charge is 0.493 e. The van der Waals surface area contributed by atoms with Crippen molar-refractivity contribution < 1.29 is 27.8 Å². The molecule has 142 valence electrons. The van der Waals surface area contributed by atoms with Gasteiger partial charge in [0.25, 0.3) is 0 Å². The monoisotopic (exact) mass is 380 g/mol. The smallest absolute Gasteiger partial charge is 0.387 e. The molecule has 1 saturated heterocycles. The van der Waals surface area contributed by atoms with Crippen molar-refractivity contribution in [2.75, 3.05) is 33.9 Å². The van der Waals surface area contributed by atoms with Crippen LogP contribution in [0.3, 0.4) is 0 Å². The molecule has 1 atom stereocenters. The average molecular weight is 381 g/mol. The fraction of sp³-hybridized carbons (Fsp3) is 0.562. The van der Waals surface area contributed by atoms with Gasteiger partial charge in [0.2, 0.25) is 5.91 Å². The summed E-state index contributed by atoms with van der Waals surface area (Å²) in [5.74, 6) is 0.120. The highest BCUT2D eigenvalue weighted by atomic mass is 35.5. The summed E-state index contributed by atoms with van der Waals surface area (Å²) in [6.07, 6.45) is 0.326. The van der Waals surface area contributed by atoms with Crippen LogP contribution in [0.15, 0.2) is 18.2 Å². The van der Waals surface area contributed by atoms with Crippen molar-refractivity contribution in [2.45, 2.75) is 25.6 Å². The quantitative estimate of drug-likeness (QED) is 0.784.